The summed E-state index contributed by atoms with van der Waals surface area (Å²) in [6, 6.07) is 3.89. The normalized spacial score (nSPS) is 13.6. The topological polar surface area (TPSA) is 114 Å². The van der Waals surface area contributed by atoms with E-state index in [1.165, 1.54) is 4.90 Å². The molecule has 9 heteroatoms. The molecule has 0 aliphatic heterocycles. The predicted octanol–water partition coefficient (Wildman–Crippen LogP) is 4.20. The van der Waals surface area contributed by atoms with E-state index < -0.39 is 35.7 Å². The summed E-state index contributed by atoms with van der Waals surface area (Å²) in [5, 5.41) is 5.52. The van der Waals surface area contributed by atoms with Crippen LogP contribution in [-0.2, 0) is 23.9 Å². The Kier molecular flexibility index (Phi) is 12.6. The largest absolute Gasteiger partial charge is 0.466 e. The molecule has 0 aromatic heterocycles. The van der Waals surface area contributed by atoms with Crippen LogP contribution in [0.3, 0.4) is 0 Å². The average Bonchev–Trinajstić information content (AvgIpc) is 2.78. The van der Waals surface area contributed by atoms with Gasteiger partial charge >= 0.3 is 12.1 Å². The molecule has 0 saturated heterocycles. The molecule has 0 fully saturated rings. The van der Waals surface area contributed by atoms with Crippen molar-refractivity contribution >= 4 is 23.9 Å². The first-order chi connectivity index (χ1) is 17.2. The number of nitrogens with one attached hydrogen (secondary N) is 2. The fourth-order valence-electron chi connectivity index (χ4n) is 4.02. The van der Waals surface area contributed by atoms with E-state index in [9.17, 15) is 19.2 Å². The van der Waals surface area contributed by atoms with Gasteiger partial charge in [-0.2, -0.15) is 0 Å². The third kappa shape index (κ3) is 10.4. The van der Waals surface area contributed by atoms with Gasteiger partial charge in [0.1, 0.15) is 17.7 Å². The summed E-state index contributed by atoms with van der Waals surface area (Å²) < 4.78 is 10.3. The summed E-state index contributed by atoms with van der Waals surface area (Å²) in [4.78, 5) is 53.3. The molecule has 0 heterocycles. The first-order valence-electron chi connectivity index (χ1n) is 13.0. The summed E-state index contributed by atoms with van der Waals surface area (Å²) in [5.41, 5.74) is 1.83. The fraction of sp³-hybridized carbons (Fsp3) is 0.643. The fourth-order valence-corrected chi connectivity index (χ4v) is 4.02. The molecule has 0 radical (unpaired) electrons. The van der Waals surface area contributed by atoms with Crippen LogP contribution in [0.15, 0.2) is 18.2 Å². The SMILES string of the molecule is CCOC(=O)CCNC(=O)C(c1cc(C)cc(C)c1)N(CC)C(=O)C(NC(=O)OC(C)(C)C)C(C)CC. The van der Waals surface area contributed by atoms with Gasteiger partial charge in [-0.3, -0.25) is 14.4 Å². The molecule has 208 valence electrons. The van der Waals surface area contributed by atoms with Gasteiger partial charge in [-0.05, 0) is 59.9 Å². The maximum absolute atomic E-state index is 13.9. The van der Waals surface area contributed by atoms with E-state index in [2.05, 4.69) is 10.6 Å². The molecular weight excluding hydrogens is 474 g/mol. The molecule has 1 aromatic rings. The number of benzene rings is 1. The molecule has 0 saturated carbocycles. The molecule has 3 unspecified atom stereocenters. The van der Waals surface area contributed by atoms with Crippen LogP contribution in [-0.4, -0.2) is 60.1 Å². The summed E-state index contributed by atoms with van der Waals surface area (Å²) >= 11 is 0. The van der Waals surface area contributed by atoms with Gasteiger partial charge in [-0.15, -0.1) is 0 Å². The van der Waals surface area contributed by atoms with Crippen molar-refractivity contribution in [2.75, 3.05) is 19.7 Å². The Balaban J connectivity index is 3.37. The molecule has 0 aliphatic carbocycles. The third-order valence-corrected chi connectivity index (χ3v) is 5.83. The van der Waals surface area contributed by atoms with Gasteiger partial charge in [0.2, 0.25) is 11.8 Å². The van der Waals surface area contributed by atoms with Crippen LogP contribution in [0.1, 0.15) is 84.0 Å². The lowest BCUT2D eigenvalue weighted by Gasteiger charge is -2.35. The molecule has 1 rings (SSSR count). The lowest BCUT2D eigenvalue weighted by molar-refractivity contribution is -0.144. The molecule has 37 heavy (non-hydrogen) atoms. The van der Waals surface area contributed by atoms with Crippen molar-refractivity contribution < 1.29 is 28.7 Å². The zero-order chi connectivity index (χ0) is 28.3. The number of amides is 3. The van der Waals surface area contributed by atoms with Crippen LogP contribution in [0.4, 0.5) is 4.79 Å². The average molecular weight is 520 g/mol. The number of hydrogen-bond donors (Lipinski definition) is 2. The van der Waals surface area contributed by atoms with E-state index in [-0.39, 0.29) is 37.9 Å². The molecule has 2 N–H and O–H groups in total. The number of alkyl carbamates (subject to hydrolysis) is 1. The number of esters is 1. The van der Waals surface area contributed by atoms with E-state index in [0.717, 1.165) is 11.1 Å². The van der Waals surface area contributed by atoms with Crippen LogP contribution < -0.4 is 10.6 Å². The van der Waals surface area contributed by atoms with Gasteiger partial charge in [0, 0.05) is 13.1 Å². The molecule has 0 spiro atoms. The Morgan fingerprint density at radius 2 is 1.59 bits per heavy atom. The second-order valence-electron chi connectivity index (χ2n) is 10.3. The number of likely N-dealkylation sites (N-methyl/N-ethyl adjacent to an activating group) is 1. The van der Waals surface area contributed by atoms with Gasteiger partial charge in [-0.25, -0.2) is 4.79 Å². The monoisotopic (exact) mass is 519 g/mol. The predicted molar refractivity (Wildman–Crippen MR) is 143 cm³/mol. The van der Waals surface area contributed by atoms with Crippen molar-refractivity contribution in [1.82, 2.24) is 15.5 Å². The standard InChI is InChI=1S/C28H45N3O6/c1-10-20(6)23(30-27(35)37-28(7,8)9)26(34)31(11-2)24(21-16-18(4)15-19(5)17-21)25(33)29-14-13-22(32)36-12-3/h15-17,20,23-24H,10-14H2,1-9H3,(H,29,33)(H,30,35). The summed E-state index contributed by atoms with van der Waals surface area (Å²) in [6.07, 6.45) is -0.0393. The lowest BCUT2D eigenvalue weighted by atomic mass is 9.94. The maximum Gasteiger partial charge on any atom is 0.408 e. The number of carbonyl (C=O) groups excluding carboxylic acids is 4. The minimum atomic E-state index is -0.953. The van der Waals surface area contributed by atoms with Crippen molar-refractivity contribution in [1.29, 1.82) is 0 Å². The molecule has 1 aromatic carbocycles. The number of aryl methyl sites for hydroxylation is 2. The number of ether oxygens (including phenoxy) is 2. The molecular formula is C28H45N3O6. The van der Waals surface area contributed by atoms with Crippen LogP contribution in [0.25, 0.3) is 0 Å². The highest BCUT2D eigenvalue weighted by Crippen LogP contribution is 2.26. The van der Waals surface area contributed by atoms with Crippen LogP contribution in [0.2, 0.25) is 0 Å². The number of hydrogen-bond acceptors (Lipinski definition) is 6. The van der Waals surface area contributed by atoms with E-state index in [4.69, 9.17) is 9.47 Å². The smallest absolute Gasteiger partial charge is 0.408 e. The highest BCUT2D eigenvalue weighted by Gasteiger charge is 2.37. The Bertz CT molecular complexity index is 920. The van der Waals surface area contributed by atoms with E-state index >= 15 is 0 Å². The van der Waals surface area contributed by atoms with Crippen LogP contribution in [0.5, 0.6) is 0 Å². The summed E-state index contributed by atoms with van der Waals surface area (Å²) in [7, 11) is 0. The van der Waals surface area contributed by atoms with Crippen LogP contribution >= 0.6 is 0 Å². The molecule has 3 atom stereocenters. The van der Waals surface area contributed by atoms with E-state index in [1.807, 2.05) is 45.9 Å². The lowest BCUT2D eigenvalue weighted by Crippen LogP contribution is -2.55. The Morgan fingerprint density at radius 3 is 2.08 bits per heavy atom. The number of carbonyl (C=O) groups is 4. The van der Waals surface area contributed by atoms with Crippen LogP contribution in [0, 0.1) is 19.8 Å². The van der Waals surface area contributed by atoms with Gasteiger partial charge < -0.3 is 25.0 Å². The van der Waals surface area contributed by atoms with Gasteiger partial charge in [-0.1, -0.05) is 49.6 Å². The summed E-state index contributed by atoms with van der Waals surface area (Å²) in [5.74, 6) is -1.41. The first-order valence-corrected chi connectivity index (χ1v) is 13.0. The van der Waals surface area contributed by atoms with Crippen molar-refractivity contribution in [3.8, 4) is 0 Å². The summed E-state index contributed by atoms with van der Waals surface area (Å²) in [6.45, 7) is 17.0. The van der Waals surface area contributed by atoms with Gasteiger partial charge in [0.15, 0.2) is 0 Å². The molecule has 9 nitrogen and oxygen atoms in total. The number of nitrogens with zero attached hydrogens (tertiary/aromatic N) is 1. The van der Waals surface area contributed by atoms with Gasteiger partial charge in [0.25, 0.3) is 0 Å². The minimum Gasteiger partial charge on any atom is -0.466 e. The zero-order valence-electron chi connectivity index (χ0n) is 23.9. The second-order valence-corrected chi connectivity index (χ2v) is 10.3. The molecule has 0 bridgehead atoms. The second kappa shape index (κ2) is 14.6. The van der Waals surface area contributed by atoms with E-state index in [0.29, 0.717) is 12.0 Å². The first kappa shape index (κ1) is 31.9. The highest BCUT2D eigenvalue weighted by atomic mass is 16.6. The minimum absolute atomic E-state index is 0.0227. The maximum atomic E-state index is 13.9. The number of rotatable bonds is 12. The van der Waals surface area contributed by atoms with E-state index in [1.54, 1.807) is 34.6 Å². The third-order valence-electron chi connectivity index (χ3n) is 5.83. The Labute approximate surface area is 221 Å². The Hall–Kier alpha value is -3.10. The highest BCUT2D eigenvalue weighted by molar-refractivity contribution is 5.92. The van der Waals surface area contributed by atoms with Crippen molar-refractivity contribution in [3.05, 3.63) is 34.9 Å². The van der Waals surface area contributed by atoms with Crippen molar-refractivity contribution in [2.45, 2.75) is 92.8 Å². The Morgan fingerprint density at radius 1 is 1.00 bits per heavy atom. The molecule has 0 aliphatic rings. The molecule has 3 amide bonds. The quantitative estimate of drug-likeness (QED) is 0.400. The van der Waals surface area contributed by atoms with Gasteiger partial charge in [0.05, 0.1) is 13.0 Å². The van der Waals surface area contributed by atoms with Crippen molar-refractivity contribution in [2.24, 2.45) is 5.92 Å². The zero-order valence-corrected chi connectivity index (χ0v) is 23.9. The van der Waals surface area contributed by atoms with Crippen molar-refractivity contribution in [3.63, 3.8) is 0 Å².